The highest BCUT2D eigenvalue weighted by Gasteiger charge is 2.59. The van der Waals surface area contributed by atoms with Crippen molar-refractivity contribution in [3.63, 3.8) is 0 Å². The van der Waals surface area contributed by atoms with Crippen LogP contribution in [0.1, 0.15) is 50.4 Å². The van der Waals surface area contributed by atoms with Crippen LogP contribution in [-0.4, -0.2) is 57.6 Å². The summed E-state index contributed by atoms with van der Waals surface area (Å²) in [5.74, 6) is 1.97. The number of nitrogen functional groups attached to an aromatic ring is 1. The molecule has 10 heteroatoms. The van der Waals surface area contributed by atoms with Gasteiger partial charge in [-0.15, -0.1) is 13.2 Å². The zero-order valence-electron chi connectivity index (χ0n) is 18.5. The molecule has 2 aromatic rings. The zero-order valence-corrected chi connectivity index (χ0v) is 18.5. The quantitative estimate of drug-likeness (QED) is 0.723. The fourth-order valence-corrected chi connectivity index (χ4v) is 5.97. The Morgan fingerprint density at radius 3 is 2.64 bits per heavy atom. The van der Waals surface area contributed by atoms with Gasteiger partial charge in [-0.25, -0.2) is 9.97 Å². The standard InChI is InChI=1S/C23H28F3N5O2/c1-12-11-32-5-4-30(12)15-7-16-17(8-15)20(16)31-10-18(29-22(31)13-2-3-13)14-6-19(21(27)28-9-14)33-23(24,25)26/h6,9-10,12-13,15-17,20H,2-5,7-8,11H2,1H3,(H2,27,28). The Morgan fingerprint density at radius 1 is 1.21 bits per heavy atom. The van der Waals surface area contributed by atoms with Gasteiger partial charge in [-0.1, -0.05) is 0 Å². The predicted octanol–water partition coefficient (Wildman–Crippen LogP) is 3.97. The Labute approximate surface area is 190 Å². The van der Waals surface area contributed by atoms with Gasteiger partial charge in [0.15, 0.2) is 11.6 Å². The molecule has 2 aromatic heterocycles. The number of imidazole rings is 1. The summed E-state index contributed by atoms with van der Waals surface area (Å²) in [7, 11) is 0. The van der Waals surface area contributed by atoms with Crippen LogP contribution in [0.5, 0.6) is 5.75 Å². The third kappa shape index (κ3) is 3.97. The fraction of sp³-hybridized carbons (Fsp3) is 0.652. The maximum absolute atomic E-state index is 12.7. The molecular weight excluding hydrogens is 435 g/mol. The van der Waals surface area contributed by atoms with Crippen LogP contribution in [0.15, 0.2) is 18.5 Å². The highest BCUT2D eigenvalue weighted by atomic mass is 19.4. The van der Waals surface area contributed by atoms with Gasteiger partial charge in [-0.05, 0) is 50.5 Å². The van der Waals surface area contributed by atoms with Crippen molar-refractivity contribution in [2.75, 3.05) is 25.5 Å². The molecule has 0 amide bonds. The van der Waals surface area contributed by atoms with E-state index < -0.39 is 12.1 Å². The van der Waals surface area contributed by atoms with E-state index in [2.05, 4.69) is 26.1 Å². The summed E-state index contributed by atoms with van der Waals surface area (Å²) in [6.07, 6.45) is 3.21. The molecule has 3 heterocycles. The van der Waals surface area contributed by atoms with E-state index in [9.17, 15) is 13.2 Å². The molecule has 2 N–H and O–H groups in total. The minimum atomic E-state index is -4.83. The molecule has 33 heavy (non-hydrogen) atoms. The number of hydrogen-bond donors (Lipinski definition) is 1. The summed E-state index contributed by atoms with van der Waals surface area (Å²) in [6, 6.07) is 2.80. The van der Waals surface area contributed by atoms with Crippen LogP contribution in [0, 0.1) is 11.8 Å². The van der Waals surface area contributed by atoms with Gasteiger partial charge in [0.05, 0.1) is 18.9 Å². The molecule has 3 atom stereocenters. The minimum Gasteiger partial charge on any atom is -0.402 e. The van der Waals surface area contributed by atoms with E-state index in [1.807, 2.05) is 6.20 Å². The van der Waals surface area contributed by atoms with E-state index in [1.165, 1.54) is 25.1 Å². The first-order valence-electron chi connectivity index (χ1n) is 11.7. The first-order valence-corrected chi connectivity index (χ1v) is 11.7. The van der Waals surface area contributed by atoms with Gasteiger partial charge in [-0.2, -0.15) is 0 Å². The molecule has 3 saturated carbocycles. The Hall–Kier alpha value is -2.33. The van der Waals surface area contributed by atoms with Crippen molar-refractivity contribution < 1.29 is 22.6 Å². The molecule has 0 spiro atoms. The number of nitrogens with two attached hydrogens (primary N) is 1. The highest BCUT2D eigenvalue weighted by Crippen LogP contribution is 2.63. The van der Waals surface area contributed by atoms with E-state index in [-0.39, 0.29) is 5.82 Å². The van der Waals surface area contributed by atoms with E-state index >= 15 is 0 Å². The third-order valence-electron chi connectivity index (χ3n) is 7.69. The number of hydrogen-bond acceptors (Lipinski definition) is 6. The number of alkyl halides is 3. The Morgan fingerprint density at radius 2 is 1.97 bits per heavy atom. The molecule has 3 aliphatic carbocycles. The van der Waals surface area contributed by atoms with Gasteiger partial charge >= 0.3 is 6.36 Å². The number of anilines is 1. The van der Waals surface area contributed by atoms with Crippen molar-refractivity contribution in [1.82, 2.24) is 19.4 Å². The van der Waals surface area contributed by atoms with Crippen molar-refractivity contribution in [2.24, 2.45) is 11.8 Å². The highest BCUT2D eigenvalue weighted by molar-refractivity contribution is 5.64. The Kier molecular flexibility index (Phi) is 4.88. The first kappa shape index (κ1) is 21.2. The topological polar surface area (TPSA) is 78.4 Å². The van der Waals surface area contributed by atoms with Gasteiger partial charge in [0.2, 0.25) is 0 Å². The lowest BCUT2D eigenvalue weighted by Gasteiger charge is -2.38. The molecule has 1 saturated heterocycles. The summed E-state index contributed by atoms with van der Waals surface area (Å²) in [5, 5.41) is 0. The van der Waals surface area contributed by atoms with Gasteiger partial charge in [0, 0.05) is 48.5 Å². The smallest absolute Gasteiger partial charge is 0.402 e. The predicted molar refractivity (Wildman–Crippen MR) is 115 cm³/mol. The van der Waals surface area contributed by atoms with Crippen molar-refractivity contribution in [3.05, 3.63) is 24.3 Å². The van der Waals surface area contributed by atoms with Gasteiger partial charge < -0.3 is 19.8 Å². The van der Waals surface area contributed by atoms with E-state index in [0.717, 1.165) is 38.4 Å². The molecule has 0 bridgehead atoms. The SMILES string of the molecule is CC1COCCN1C1CC2C(C1)C2n1cc(-c2cnc(N)c(OC(F)(F)F)c2)nc1C1CC1. The molecule has 1 aliphatic heterocycles. The summed E-state index contributed by atoms with van der Waals surface area (Å²) in [4.78, 5) is 11.4. The summed E-state index contributed by atoms with van der Waals surface area (Å²) < 4.78 is 50.2. The molecule has 4 fully saturated rings. The summed E-state index contributed by atoms with van der Waals surface area (Å²) in [6.45, 7) is 4.86. The molecule has 0 aromatic carbocycles. The average Bonchev–Trinajstić information content (AvgIpc) is 3.63. The van der Waals surface area contributed by atoms with Crippen LogP contribution < -0.4 is 10.5 Å². The molecule has 4 aliphatic rings. The number of ether oxygens (including phenoxy) is 2. The second-order valence-electron chi connectivity index (χ2n) is 9.93. The largest absolute Gasteiger partial charge is 0.573 e. The Bertz CT molecular complexity index is 1040. The van der Waals surface area contributed by atoms with E-state index in [1.54, 1.807) is 0 Å². The molecule has 7 nitrogen and oxygen atoms in total. The van der Waals surface area contributed by atoms with Gasteiger partial charge in [0.1, 0.15) is 5.82 Å². The van der Waals surface area contributed by atoms with Crippen molar-refractivity contribution in [2.45, 2.75) is 63.0 Å². The monoisotopic (exact) mass is 463 g/mol. The fourth-order valence-electron chi connectivity index (χ4n) is 5.97. The number of fused-ring (bicyclic) bond motifs is 1. The number of halogens is 3. The first-order chi connectivity index (χ1) is 15.8. The van der Waals surface area contributed by atoms with Crippen LogP contribution in [0.3, 0.4) is 0 Å². The van der Waals surface area contributed by atoms with E-state index in [4.69, 9.17) is 15.5 Å². The molecular formula is C23H28F3N5O2. The second-order valence-corrected chi connectivity index (χ2v) is 9.93. The maximum Gasteiger partial charge on any atom is 0.573 e. The zero-order chi connectivity index (χ0) is 22.9. The van der Waals surface area contributed by atoms with Crippen LogP contribution in [0.25, 0.3) is 11.3 Å². The molecule has 3 unspecified atom stereocenters. The lowest BCUT2D eigenvalue weighted by Crippen LogP contribution is -2.49. The summed E-state index contributed by atoms with van der Waals surface area (Å²) in [5.41, 5.74) is 6.71. The van der Waals surface area contributed by atoms with Gasteiger partial charge in [-0.3, -0.25) is 4.90 Å². The number of morpholine rings is 1. The van der Waals surface area contributed by atoms with Crippen LogP contribution >= 0.6 is 0 Å². The van der Waals surface area contributed by atoms with Crippen LogP contribution in [-0.2, 0) is 4.74 Å². The minimum absolute atomic E-state index is 0.293. The lowest BCUT2D eigenvalue weighted by molar-refractivity contribution is -0.274. The number of aromatic nitrogens is 3. The number of pyridine rings is 1. The second kappa shape index (κ2) is 7.59. The third-order valence-corrected chi connectivity index (χ3v) is 7.69. The molecule has 6 rings (SSSR count). The Balaban J connectivity index is 1.23. The van der Waals surface area contributed by atoms with Crippen molar-refractivity contribution >= 4 is 5.82 Å². The van der Waals surface area contributed by atoms with Gasteiger partial charge in [0.25, 0.3) is 0 Å². The summed E-state index contributed by atoms with van der Waals surface area (Å²) >= 11 is 0. The number of nitrogens with zero attached hydrogens (tertiary/aromatic N) is 4. The maximum atomic E-state index is 12.7. The average molecular weight is 464 g/mol. The van der Waals surface area contributed by atoms with Crippen LogP contribution in [0.2, 0.25) is 0 Å². The molecule has 178 valence electrons. The molecule has 0 radical (unpaired) electrons. The van der Waals surface area contributed by atoms with E-state index in [0.29, 0.717) is 47.1 Å². The van der Waals surface area contributed by atoms with Crippen molar-refractivity contribution in [1.29, 1.82) is 0 Å². The normalized spacial score (nSPS) is 32.1. The van der Waals surface area contributed by atoms with Crippen LogP contribution in [0.4, 0.5) is 19.0 Å². The number of rotatable bonds is 5. The lowest BCUT2D eigenvalue weighted by atomic mass is 10.1. The van der Waals surface area contributed by atoms with Crippen molar-refractivity contribution in [3.8, 4) is 17.0 Å².